The number of likely N-dealkylation sites (tertiary alicyclic amines) is 1. The number of fused-ring (bicyclic) bond motifs is 1. The van der Waals surface area contributed by atoms with Gasteiger partial charge >= 0.3 is 0 Å². The van der Waals surface area contributed by atoms with Crippen LogP contribution in [0.4, 0.5) is 11.4 Å². The molecule has 9 heteroatoms. The van der Waals surface area contributed by atoms with Crippen LogP contribution in [0.5, 0.6) is 0 Å². The van der Waals surface area contributed by atoms with Crippen LogP contribution < -0.4 is 10.2 Å². The third-order valence-corrected chi connectivity index (χ3v) is 10.3. The first-order chi connectivity index (χ1) is 21.0. The van der Waals surface area contributed by atoms with Crippen molar-refractivity contribution in [3.8, 4) is 6.07 Å². The second-order valence-electron chi connectivity index (χ2n) is 14.5. The smallest absolute Gasteiger partial charge is 0.274 e. The molecule has 232 valence electrons. The summed E-state index contributed by atoms with van der Waals surface area (Å²) in [6.45, 7) is 9.91. The number of carbonyl (C=O) groups excluding carboxylic acids is 1. The quantitative estimate of drug-likeness (QED) is 0.362. The predicted molar refractivity (Wildman–Crippen MR) is 173 cm³/mol. The highest BCUT2D eigenvalue weighted by atomic mass is 16.1. The van der Waals surface area contributed by atoms with E-state index in [1.54, 1.807) is 6.33 Å². The minimum absolute atomic E-state index is 0.0553. The molecular weight excluding hydrogens is 548 g/mol. The Morgan fingerprint density at radius 2 is 2.00 bits per heavy atom. The summed E-state index contributed by atoms with van der Waals surface area (Å²) in [5.41, 5.74) is 6.52. The zero-order valence-corrected chi connectivity index (χ0v) is 27.2. The number of nitrogens with zero attached hydrogens (tertiary/aromatic N) is 7. The molecule has 1 saturated carbocycles. The lowest BCUT2D eigenvalue weighted by Crippen LogP contribution is -2.44. The normalized spacial score (nSPS) is 24.3. The molecule has 0 bridgehead atoms. The fourth-order valence-corrected chi connectivity index (χ4v) is 7.82. The molecule has 2 aromatic heterocycles. The summed E-state index contributed by atoms with van der Waals surface area (Å²) in [6.07, 6.45) is 8.47. The van der Waals surface area contributed by atoms with Gasteiger partial charge in [0.05, 0.1) is 17.2 Å². The zero-order chi connectivity index (χ0) is 31.2. The van der Waals surface area contributed by atoms with Crippen LogP contribution in [0.15, 0.2) is 30.6 Å². The Morgan fingerprint density at radius 1 is 1.20 bits per heavy atom. The average molecular weight is 595 g/mol. The van der Waals surface area contributed by atoms with Crippen molar-refractivity contribution in [1.82, 2.24) is 24.6 Å². The van der Waals surface area contributed by atoms with Crippen molar-refractivity contribution in [1.29, 1.82) is 5.26 Å². The van der Waals surface area contributed by atoms with E-state index >= 15 is 0 Å². The van der Waals surface area contributed by atoms with Gasteiger partial charge in [-0.25, -0.2) is 4.98 Å². The minimum Gasteiger partial charge on any atom is -0.378 e. The van der Waals surface area contributed by atoms with Crippen molar-refractivity contribution >= 4 is 17.3 Å². The molecule has 3 aromatic rings. The lowest BCUT2D eigenvalue weighted by molar-refractivity contribution is 0.102. The maximum absolute atomic E-state index is 14.0. The van der Waals surface area contributed by atoms with Crippen LogP contribution in [-0.2, 0) is 30.8 Å². The molecule has 1 aliphatic heterocycles. The lowest BCUT2D eigenvalue weighted by atomic mass is 9.57. The highest BCUT2D eigenvalue weighted by Crippen LogP contribution is 2.53. The highest BCUT2D eigenvalue weighted by molar-refractivity contribution is 6.03. The number of rotatable bonds is 8. The number of nitrogens with one attached hydrogen (secondary N) is 1. The second-order valence-corrected chi connectivity index (χ2v) is 14.5. The molecule has 0 radical (unpaired) electrons. The van der Waals surface area contributed by atoms with Crippen LogP contribution in [0.1, 0.15) is 98.0 Å². The Bertz CT molecular complexity index is 1590. The Balaban J connectivity index is 1.34. The highest BCUT2D eigenvalue weighted by Gasteiger charge is 2.50. The van der Waals surface area contributed by atoms with Gasteiger partial charge in [0, 0.05) is 57.4 Å². The first-order valence-electron chi connectivity index (χ1n) is 16.1. The predicted octanol–water partition coefficient (Wildman–Crippen LogP) is 5.59. The largest absolute Gasteiger partial charge is 0.378 e. The fraction of sp³-hybridized carbons (Fsp3) is 0.571. The molecule has 3 aliphatic rings. The van der Waals surface area contributed by atoms with Crippen molar-refractivity contribution in [3.05, 3.63) is 64.5 Å². The van der Waals surface area contributed by atoms with Crippen LogP contribution in [-0.4, -0.2) is 57.7 Å². The van der Waals surface area contributed by atoms with Gasteiger partial charge < -0.3 is 14.8 Å². The van der Waals surface area contributed by atoms with Crippen LogP contribution in [0.25, 0.3) is 0 Å². The van der Waals surface area contributed by atoms with Crippen LogP contribution in [0.3, 0.4) is 0 Å². The molecule has 1 atom stereocenters. The van der Waals surface area contributed by atoms with E-state index in [4.69, 9.17) is 4.98 Å². The van der Waals surface area contributed by atoms with Crippen molar-refractivity contribution < 1.29 is 4.79 Å². The Kier molecular flexibility index (Phi) is 8.00. The van der Waals surface area contributed by atoms with Gasteiger partial charge in [-0.15, -0.1) is 10.2 Å². The van der Waals surface area contributed by atoms with Gasteiger partial charge in [0.25, 0.3) is 5.91 Å². The van der Waals surface area contributed by atoms with Crippen molar-refractivity contribution in [2.45, 2.75) is 83.1 Å². The number of piperidine rings is 1. The van der Waals surface area contributed by atoms with Crippen LogP contribution in [0.2, 0.25) is 0 Å². The number of aryl methyl sites for hydroxylation is 1. The monoisotopic (exact) mass is 594 g/mol. The number of carbonyl (C=O) groups is 1. The molecule has 1 saturated heterocycles. The Hall–Kier alpha value is -3.77. The van der Waals surface area contributed by atoms with Crippen LogP contribution in [0, 0.1) is 23.2 Å². The molecule has 2 aliphatic carbocycles. The van der Waals surface area contributed by atoms with Gasteiger partial charge in [-0.05, 0) is 97.9 Å². The number of hydrogen-bond donors (Lipinski definition) is 1. The molecule has 2 fully saturated rings. The first kappa shape index (κ1) is 30.3. The summed E-state index contributed by atoms with van der Waals surface area (Å²) in [5, 5.41) is 21.3. The summed E-state index contributed by atoms with van der Waals surface area (Å²) in [6, 6.07) is 10.7. The third kappa shape index (κ3) is 5.61. The van der Waals surface area contributed by atoms with Crippen molar-refractivity contribution in [3.63, 3.8) is 0 Å². The molecule has 1 N–H and O–H groups in total. The summed E-state index contributed by atoms with van der Waals surface area (Å²) in [4.78, 5) is 23.6. The number of hydrogen-bond acceptors (Lipinski definition) is 7. The summed E-state index contributed by atoms with van der Waals surface area (Å²) >= 11 is 0. The molecule has 9 nitrogen and oxygen atoms in total. The first-order valence-corrected chi connectivity index (χ1v) is 16.1. The third-order valence-electron chi connectivity index (χ3n) is 10.3. The fourth-order valence-electron chi connectivity index (χ4n) is 7.82. The molecule has 3 heterocycles. The minimum atomic E-state index is -0.368. The Labute approximate surface area is 261 Å². The standard InChI is InChI=1S/C35H46N8O/c1-23-8-7-13-43(20-23)21-25-14-30(39-31-29(25)9-11-34(31,2)3)32(44)38-27-15-26(16-28(17-27)41(4)5)35(18-24(19-35)10-12-36)33-40-37-22-42(33)6/h14-17,22-24H,7-11,13,18-21H2,1-6H3,(H,38,44)/t23-,24?,35?/m0/s1. The second kappa shape index (κ2) is 11.6. The molecule has 44 heavy (non-hydrogen) atoms. The van der Waals surface area contributed by atoms with Gasteiger partial charge in [-0.3, -0.25) is 9.69 Å². The van der Waals surface area contributed by atoms with E-state index in [2.05, 4.69) is 64.3 Å². The number of benzene rings is 1. The molecule has 0 spiro atoms. The zero-order valence-electron chi connectivity index (χ0n) is 27.2. The van der Waals surface area contributed by atoms with Gasteiger partial charge in [0.1, 0.15) is 17.8 Å². The lowest BCUT2D eigenvalue weighted by Gasteiger charge is -2.47. The Morgan fingerprint density at radius 3 is 2.68 bits per heavy atom. The van der Waals surface area contributed by atoms with Gasteiger partial charge in [-0.1, -0.05) is 20.8 Å². The molecule has 1 aromatic carbocycles. The number of aromatic nitrogens is 4. The topological polar surface area (TPSA) is 103 Å². The van der Waals surface area contributed by atoms with Gasteiger partial charge in [0.15, 0.2) is 0 Å². The maximum atomic E-state index is 14.0. The number of nitriles is 1. The number of amides is 1. The maximum Gasteiger partial charge on any atom is 0.274 e. The molecule has 6 rings (SSSR count). The molecule has 0 unspecified atom stereocenters. The average Bonchev–Trinajstić information content (AvgIpc) is 3.52. The molecular formula is C35H46N8O. The summed E-state index contributed by atoms with van der Waals surface area (Å²) in [5.74, 6) is 1.71. The van der Waals surface area contributed by atoms with Crippen molar-refractivity contribution in [2.24, 2.45) is 18.9 Å². The van der Waals surface area contributed by atoms with E-state index in [0.717, 1.165) is 73.8 Å². The van der Waals surface area contributed by atoms with E-state index in [9.17, 15) is 10.1 Å². The SMILES string of the molecule is C[C@H]1CCCN(Cc2cc(C(=O)Nc3cc(N(C)C)cc(C4(c5nncn5C)CC(CC#N)C4)c3)nc3c2CCC3(C)C)C1. The van der Waals surface area contributed by atoms with E-state index in [1.807, 2.05) is 37.8 Å². The van der Waals surface area contributed by atoms with Crippen molar-refractivity contribution in [2.75, 3.05) is 37.4 Å². The van der Waals surface area contributed by atoms with E-state index < -0.39 is 0 Å². The van der Waals surface area contributed by atoms with E-state index in [1.165, 1.54) is 24.0 Å². The van der Waals surface area contributed by atoms with Crippen LogP contribution >= 0.6 is 0 Å². The van der Waals surface area contributed by atoms with E-state index in [-0.39, 0.29) is 16.7 Å². The number of anilines is 2. The van der Waals surface area contributed by atoms with E-state index in [0.29, 0.717) is 24.0 Å². The summed E-state index contributed by atoms with van der Waals surface area (Å²) in [7, 11) is 5.99. The van der Waals surface area contributed by atoms with Gasteiger partial charge in [0.2, 0.25) is 0 Å². The summed E-state index contributed by atoms with van der Waals surface area (Å²) < 4.78 is 1.98. The molecule has 1 amide bonds. The van der Waals surface area contributed by atoms with Gasteiger partial charge in [-0.2, -0.15) is 5.26 Å². The number of pyridine rings is 1.